The standard InChI is InChI=1S/C25H31ClN4O2/c1-28(2)23(31)18-6-8-21(9-7-18)29-14-15-30(24(29)32)22-10-12-25(17-27,13-11-22)19-4-3-5-20(26)16-19/h3-9,16,22H,10-15,17,27H2,1-2H3/t22-,25-. The fourth-order valence-electron chi connectivity index (χ4n) is 5.07. The van der Waals surface area contributed by atoms with Crippen LogP contribution in [-0.4, -0.2) is 61.5 Å². The minimum absolute atomic E-state index is 0.0452. The van der Waals surface area contributed by atoms with E-state index in [4.69, 9.17) is 17.3 Å². The fourth-order valence-corrected chi connectivity index (χ4v) is 5.26. The van der Waals surface area contributed by atoms with Crippen molar-refractivity contribution in [2.45, 2.75) is 37.1 Å². The Labute approximate surface area is 194 Å². The summed E-state index contributed by atoms with van der Waals surface area (Å²) in [4.78, 5) is 30.7. The molecule has 6 nitrogen and oxygen atoms in total. The Kier molecular flexibility index (Phi) is 6.45. The zero-order valence-corrected chi connectivity index (χ0v) is 19.5. The lowest BCUT2D eigenvalue weighted by Crippen LogP contribution is -2.46. The van der Waals surface area contributed by atoms with E-state index in [1.165, 1.54) is 5.56 Å². The maximum Gasteiger partial charge on any atom is 0.324 e. The highest BCUT2D eigenvalue weighted by Gasteiger charge is 2.41. The topological polar surface area (TPSA) is 69.9 Å². The average Bonchev–Trinajstić information content (AvgIpc) is 3.20. The van der Waals surface area contributed by atoms with Gasteiger partial charge in [0.05, 0.1) is 0 Å². The molecule has 7 heteroatoms. The molecular weight excluding hydrogens is 424 g/mol. The predicted molar refractivity (Wildman–Crippen MR) is 128 cm³/mol. The first-order valence-corrected chi connectivity index (χ1v) is 11.6. The highest BCUT2D eigenvalue weighted by Crippen LogP contribution is 2.41. The largest absolute Gasteiger partial charge is 0.345 e. The summed E-state index contributed by atoms with van der Waals surface area (Å²) >= 11 is 6.23. The van der Waals surface area contributed by atoms with Crippen LogP contribution in [0.25, 0.3) is 0 Å². The van der Waals surface area contributed by atoms with Crippen LogP contribution in [-0.2, 0) is 5.41 Å². The first kappa shape index (κ1) is 22.6. The van der Waals surface area contributed by atoms with Crippen LogP contribution in [0.15, 0.2) is 48.5 Å². The number of hydrogen-bond donors (Lipinski definition) is 1. The number of nitrogens with zero attached hydrogens (tertiary/aromatic N) is 3. The molecule has 0 unspecified atom stereocenters. The minimum Gasteiger partial charge on any atom is -0.345 e. The molecule has 1 saturated carbocycles. The van der Waals surface area contributed by atoms with E-state index < -0.39 is 0 Å². The SMILES string of the molecule is CN(C)C(=O)c1ccc(N2CCN([C@H]3CC[C@](CN)(c4cccc(Cl)c4)CC3)C2=O)cc1. The van der Waals surface area contributed by atoms with E-state index in [9.17, 15) is 9.59 Å². The molecule has 2 aromatic rings. The molecule has 2 aromatic carbocycles. The summed E-state index contributed by atoms with van der Waals surface area (Å²) < 4.78 is 0. The predicted octanol–water partition coefficient (Wildman–Crippen LogP) is 4.12. The molecule has 0 aromatic heterocycles. The molecular formula is C25H31ClN4O2. The number of carbonyl (C=O) groups is 2. The Bertz CT molecular complexity index is 984. The van der Waals surface area contributed by atoms with Crippen molar-refractivity contribution in [3.63, 3.8) is 0 Å². The molecule has 3 amide bonds. The molecule has 170 valence electrons. The smallest absolute Gasteiger partial charge is 0.324 e. The fraction of sp³-hybridized carbons (Fsp3) is 0.440. The molecule has 0 spiro atoms. The van der Waals surface area contributed by atoms with Crippen molar-refractivity contribution in [3.8, 4) is 0 Å². The number of benzene rings is 2. The monoisotopic (exact) mass is 454 g/mol. The minimum atomic E-state index is -0.0708. The lowest BCUT2D eigenvalue weighted by molar-refractivity contribution is 0.0827. The Morgan fingerprint density at radius 1 is 1.12 bits per heavy atom. The van der Waals surface area contributed by atoms with Crippen molar-refractivity contribution < 1.29 is 9.59 Å². The van der Waals surface area contributed by atoms with E-state index in [2.05, 4.69) is 6.07 Å². The van der Waals surface area contributed by atoms with Crippen LogP contribution in [0.2, 0.25) is 5.02 Å². The van der Waals surface area contributed by atoms with Crippen LogP contribution >= 0.6 is 11.6 Å². The number of nitrogens with two attached hydrogens (primary N) is 1. The first-order chi connectivity index (χ1) is 15.3. The third-order valence-electron chi connectivity index (χ3n) is 7.05. The van der Waals surface area contributed by atoms with Gasteiger partial charge in [0.2, 0.25) is 0 Å². The van der Waals surface area contributed by atoms with Gasteiger partial charge in [-0.05, 0) is 67.6 Å². The molecule has 1 saturated heterocycles. The first-order valence-electron chi connectivity index (χ1n) is 11.2. The molecule has 0 atom stereocenters. The van der Waals surface area contributed by atoms with Crippen molar-refractivity contribution in [2.24, 2.45) is 5.73 Å². The second-order valence-corrected chi connectivity index (χ2v) is 9.54. The quantitative estimate of drug-likeness (QED) is 0.738. The van der Waals surface area contributed by atoms with Gasteiger partial charge in [-0.15, -0.1) is 0 Å². The molecule has 32 heavy (non-hydrogen) atoms. The van der Waals surface area contributed by atoms with Gasteiger partial charge in [0.25, 0.3) is 5.91 Å². The normalized spacial score (nSPS) is 23.5. The number of carbonyl (C=O) groups excluding carboxylic acids is 2. The van der Waals surface area contributed by atoms with Crippen LogP contribution < -0.4 is 10.6 Å². The van der Waals surface area contributed by atoms with E-state index in [1.54, 1.807) is 31.1 Å². The zero-order chi connectivity index (χ0) is 22.9. The highest BCUT2D eigenvalue weighted by molar-refractivity contribution is 6.30. The summed E-state index contributed by atoms with van der Waals surface area (Å²) in [6, 6.07) is 15.6. The zero-order valence-electron chi connectivity index (χ0n) is 18.8. The molecule has 0 radical (unpaired) electrons. The van der Waals surface area contributed by atoms with E-state index >= 15 is 0 Å². The molecule has 1 aliphatic carbocycles. The van der Waals surface area contributed by atoms with E-state index in [-0.39, 0.29) is 23.4 Å². The maximum atomic E-state index is 13.2. The second kappa shape index (κ2) is 9.12. The molecule has 2 aliphatic rings. The van der Waals surface area contributed by atoms with Crippen molar-refractivity contribution >= 4 is 29.2 Å². The molecule has 4 rings (SSSR count). The van der Waals surface area contributed by atoms with Crippen LogP contribution in [0.1, 0.15) is 41.6 Å². The Hall–Kier alpha value is -2.57. The van der Waals surface area contributed by atoms with Crippen molar-refractivity contribution in [2.75, 3.05) is 38.6 Å². The van der Waals surface area contributed by atoms with E-state index in [0.717, 1.165) is 36.4 Å². The van der Waals surface area contributed by atoms with Crippen LogP contribution in [0.5, 0.6) is 0 Å². The van der Waals surface area contributed by atoms with Gasteiger partial charge in [0, 0.05) is 61.5 Å². The number of anilines is 1. The van der Waals surface area contributed by atoms with Gasteiger partial charge in [-0.1, -0.05) is 23.7 Å². The van der Waals surface area contributed by atoms with Crippen molar-refractivity contribution in [1.29, 1.82) is 0 Å². The average molecular weight is 455 g/mol. The lowest BCUT2D eigenvalue weighted by Gasteiger charge is -2.42. The Morgan fingerprint density at radius 2 is 1.81 bits per heavy atom. The molecule has 2 fully saturated rings. The van der Waals surface area contributed by atoms with E-state index in [0.29, 0.717) is 25.2 Å². The second-order valence-electron chi connectivity index (χ2n) is 9.10. The number of amides is 3. The lowest BCUT2D eigenvalue weighted by atomic mass is 9.68. The summed E-state index contributed by atoms with van der Waals surface area (Å²) in [6.45, 7) is 1.96. The van der Waals surface area contributed by atoms with Gasteiger partial charge >= 0.3 is 6.03 Å². The third-order valence-corrected chi connectivity index (χ3v) is 7.29. The number of halogens is 1. The van der Waals surface area contributed by atoms with Gasteiger partial charge in [-0.3, -0.25) is 9.69 Å². The number of urea groups is 1. The van der Waals surface area contributed by atoms with Gasteiger partial charge in [0.15, 0.2) is 0 Å². The third kappa shape index (κ3) is 4.21. The summed E-state index contributed by atoms with van der Waals surface area (Å²) in [5.41, 5.74) is 8.82. The van der Waals surface area contributed by atoms with Crippen LogP contribution in [0.4, 0.5) is 10.5 Å². The molecule has 1 aliphatic heterocycles. The van der Waals surface area contributed by atoms with Gasteiger partial charge < -0.3 is 15.5 Å². The summed E-state index contributed by atoms with van der Waals surface area (Å²) in [7, 11) is 3.46. The van der Waals surface area contributed by atoms with Gasteiger partial charge in [-0.2, -0.15) is 0 Å². The van der Waals surface area contributed by atoms with Crippen molar-refractivity contribution in [3.05, 3.63) is 64.7 Å². The highest BCUT2D eigenvalue weighted by atomic mass is 35.5. The Morgan fingerprint density at radius 3 is 2.41 bits per heavy atom. The van der Waals surface area contributed by atoms with Gasteiger partial charge in [0.1, 0.15) is 0 Å². The number of rotatable bonds is 5. The molecule has 2 N–H and O–H groups in total. The van der Waals surface area contributed by atoms with Crippen LogP contribution in [0, 0.1) is 0 Å². The molecule has 1 heterocycles. The maximum absolute atomic E-state index is 13.2. The summed E-state index contributed by atoms with van der Waals surface area (Å²) in [5, 5.41) is 0.737. The number of hydrogen-bond acceptors (Lipinski definition) is 3. The van der Waals surface area contributed by atoms with Gasteiger partial charge in [-0.25, -0.2) is 4.79 Å². The summed E-state index contributed by atoms with van der Waals surface area (Å²) in [6.07, 6.45) is 3.75. The Balaban J connectivity index is 1.42. The van der Waals surface area contributed by atoms with Crippen molar-refractivity contribution in [1.82, 2.24) is 9.80 Å². The molecule has 0 bridgehead atoms. The van der Waals surface area contributed by atoms with Crippen LogP contribution in [0.3, 0.4) is 0 Å². The summed E-state index contributed by atoms with van der Waals surface area (Å²) in [5.74, 6) is -0.0452. The van der Waals surface area contributed by atoms with E-state index in [1.807, 2.05) is 40.1 Å².